The first-order valence-electron chi connectivity index (χ1n) is 4.61. The van der Waals surface area contributed by atoms with Gasteiger partial charge in [-0.15, -0.1) is 0 Å². The Kier molecular flexibility index (Phi) is 2.29. The lowest BCUT2D eigenvalue weighted by Gasteiger charge is -2.03. The minimum absolute atomic E-state index is 0.0712. The molecule has 78 valence electrons. The van der Waals surface area contributed by atoms with Crippen molar-refractivity contribution < 1.29 is 0 Å². The molecule has 0 amide bonds. The highest BCUT2D eigenvalue weighted by molar-refractivity contribution is 5.54. The second-order valence-corrected chi connectivity index (χ2v) is 3.40. The van der Waals surface area contributed by atoms with Crippen LogP contribution in [0.5, 0.6) is 0 Å². The number of rotatable bonds is 2. The number of anilines is 2. The molecule has 0 aliphatic heterocycles. The van der Waals surface area contributed by atoms with Crippen LogP contribution in [0.25, 0.3) is 0 Å². The van der Waals surface area contributed by atoms with Crippen molar-refractivity contribution in [2.45, 2.75) is 6.92 Å². The Labute approximate surface area is 86.8 Å². The van der Waals surface area contributed by atoms with Crippen LogP contribution in [0.3, 0.4) is 0 Å². The van der Waals surface area contributed by atoms with Crippen molar-refractivity contribution in [1.29, 1.82) is 0 Å². The first-order valence-corrected chi connectivity index (χ1v) is 4.61. The molecule has 5 nitrogen and oxygen atoms in total. The second-order valence-electron chi connectivity index (χ2n) is 3.40. The average Bonchev–Trinajstić information content (AvgIpc) is 2.59. The van der Waals surface area contributed by atoms with Gasteiger partial charge in [0.25, 0.3) is 5.56 Å². The fraction of sp³-hybridized carbons (Fsp3) is 0.200. The molecule has 2 aromatic heterocycles. The first kappa shape index (κ1) is 9.51. The summed E-state index contributed by atoms with van der Waals surface area (Å²) in [5.41, 5.74) is 1.40. The van der Waals surface area contributed by atoms with Gasteiger partial charge >= 0.3 is 0 Å². The van der Waals surface area contributed by atoms with E-state index in [4.69, 9.17) is 0 Å². The summed E-state index contributed by atoms with van der Waals surface area (Å²) in [7, 11) is 1.71. The van der Waals surface area contributed by atoms with Crippen molar-refractivity contribution in [3.63, 3.8) is 0 Å². The van der Waals surface area contributed by atoms with Crippen molar-refractivity contribution in [3.8, 4) is 0 Å². The third-order valence-electron chi connectivity index (χ3n) is 2.09. The van der Waals surface area contributed by atoms with Crippen molar-refractivity contribution in [2.75, 3.05) is 5.32 Å². The molecule has 2 N–H and O–H groups in total. The molecular weight excluding hydrogens is 192 g/mol. The van der Waals surface area contributed by atoms with Crippen LogP contribution in [-0.2, 0) is 7.05 Å². The smallest absolute Gasteiger partial charge is 0.274 e. The number of nitrogens with zero attached hydrogens (tertiary/aromatic N) is 2. The summed E-state index contributed by atoms with van der Waals surface area (Å²) in [5, 5.41) is 9.76. The Hall–Kier alpha value is -2.04. The summed E-state index contributed by atoms with van der Waals surface area (Å²) in [6, 6.07) is 5.38. The number of aryl methyl sites for hydroxylation is 2. The predicted molar refractivity (Wildman–Crippen MR) is 58.3 cm³/mol. The van der Waals surface area contributed by atoms with Gasteiger partial charge in [-0.3, -0.25) is 9.89 Å². The van der Waals surface area contributed by atoms with E-state index >= 15 is 0 Å². The maximum atomic E-state index is 11.6. The largest absolute Gasteiger partial charge is 0.334 e. The molecule has 0 unspecified atom stereocenters. The monoisotopic (exact) mass is 204 g/mol. The van der Waals surface area contributed by atoms with Crippen LogP contribution >= 0.6 is 0 Å². The van der Waals surface area contributed by atoms with Gasteiger partial charge in [-0.25, -0.2) is 0 Å². The van der Waals surface area contributed by atoms with Crippen molar-refractivity contribution in [2.24, 2.45) is 7.05 Å². The fourth-order valence-corrected chi connectivity index (χ4v) is 1.31. The minimum Gasteiger partial charge on any atom is -0.334 e. The van der Waals surface area contributed by atoms with Crippen LogP contribution in [0, 0.1) is 6.92 Å². The molecule has 0 fully saturated rings. The molecule has 0 aliphatic rings. The average molecular weight is 204 g/mol. The van der Waals surface area contributed by atoms with Gasteiger partial charge in [-0.1, -0.05) is 0 Å². The topological polar surface area (TPSA) is 62.7 Å². The lowest BCUT2D eigenvalue weighted by atomic mass is 10.4. The van der Waals surface area contributed by atoms with E-state index in [0.717, 1.165) is 5.69 Å². The third kappa shape index (κ3) is 1.90. The number of hydrogen-bond acceptors (Lipinski definition) is 3. The lowest BCUT2D eigenvalue weighted by molar-refractivity contribution is 0.862. The second kappa shape index (κ2) is 3.61. The first-order chi connectivity index (χ1) is 7.16. The number of aromatic nitrogens is 3. The zero-order valence-corrected chi connectivity index (χ0v) is 8.61. The van der Waals surface area contributed by atoms with E-state index in [1.807, 2.05) is 19.1 Å². The molecule has 0 aromatic carbocycles. The number of H-pyrrole nitrogens is 1. The minimum atomic E-state index is -0.0712. The van der Waals surface area contributed by atoms with E-state index in [1.54, 1.807) is 19.3 Å². The van der Waals surface area contributed by atoms with E-state index in [0.29, 0.717) is 11.5 Å². The van der Waals surface area contributed by atoms with E-state index in [2.05, 4.69) is 15.5 Å². The van der Waals surface area contributed by atoms with Gasteiger partial charge in [0, 0.05) is 25.0 Å². The van der Waals surface area contributed by atoms with Crippen LogP contribution in [0.4, 0.5) is 11.5 Å². The van der Waals surface area contributed by atoms with Gasteiger partial charge in [0.05, 0.1) is 0 Å². The highest BCUT2D eigenvalue weighted by Crippen LogP contribution is 2.10. The summed E-state index contributed by atoms with van der Waals surface area (Å²) in [6.07, 6.45) is 1.71. The summed E-state index contributed by atoms with van der Waals surface area (Å²) < 4.78 is 1.52. The normalized spacial score (nSPS) is 10.3. The Bertz CT molecular complexity index is 526. The molecule has 2 aromatic rings. The Balaban J connectivity index is 2.32. The quantitative estimate of drug-likeness (QED) is 0.771. The highest BCUT2D eigenvalue weighted by Gasteiger charge is 2.02. The third-order valence-corrected chi connectivity index (χ3v) is 2.09. The molecule has 0 atom stereocenters. The van der Waals surface area contributed by atoms with Gasteiger partial charge in [-0.2, -0.15) is 5.10 Å². The number of pyridine rings is 1. The van der Waals surface area contributed by atoms with Gasteiger partial charge < -0.3 is 9.88 Å². The molecule has 5 heteroatoms. The molecule has 0 aliphatic carbocycles. The van der Waals surface area contributed by atoms with Crippen LogP contribution in [0.1, 0.15) is 5.69 Å². The van der Waals surface area contributed by atoms with Crippen LogP contribution in [-0.4, -0.2) is 14.8 Å². The molecule has 2 heterocycles. The fourth-order valence-electron chi connectivity index (χ4n) is 1.31. The van der Waals surface area contributed by atoms with Gasteiger partial charge in [-0.05, 0) is 19.1 Å². The standard InChI is InChI=1S/C10H12N4O/c1-7-6-9(13-12-7)11-8-4-3-5-14(2)10(8)15/h3-6H,1-2H3,(H2,11,12,13). The zero-order valence-electron chi connectivity index (χ0n) is 8.61. The van der Waals surface area contributed by atoms with E-state index < -0.39 is 0 Å². The van der Waals surface area contributed by atoms with Gasteiger partial charge in [0.1, 0.15) is 5.69 Å². The van der Waals surface area contributed by atoms with Crippen molar-refractivity contribution in [1.82, 2.24) is 14.8 Å². The van der Waals surface area contributed by atoms with E-state index in [1.165, 1.54) is 4.57 Å². The molecule has 0 saturated heterocycles. The Morgan fingerprint density at radius 3 is 3.00 bits per heavy atom. The van der Waals surface area contributed by atoms with Crippen LogP contribution in [0.15, 0.2) is 29.2 Å². The van der Waals surface area contributed by atoms with Crippen molar-refractivity contribution >= 4 is 11.5 Å². The number of aromatic amines is 1. The number of nitrogens with one attached hydrogen (secondary N) is 2. The Morgan fingerprint density at radius 2 is 2.33 bits per heavy atom. The summed E-state index contributed by atoms with van der Waals surface area (Å²) in [5.74, 6) is 0.649. The zero-order chi connectivity index (χ0) is 10.8. The van der Waals surface area contributed by atoms with Gasteiger partial charge in [0.2, 0.25) is 0 Å². The molecule has 2 rings (SSSR count). The maximum absolute atomic E-state index is 11.6. The maximum Gasteiger partial charge on any atom is 0.274 e. The lowest BCUT2D eigenvalue weighted by Crippen LogP contribution is -2.18. The predicted octanol–water partition coefficient (Wildman–Crippen LogP) is 1.16. The highest BCUT2D eigenvalue weighted by atomic mass is 16.1. The summed E-state index contributed by atoms with van der Waals surface area (Å²) >= 11 is 0. The summed E-state index contributed by atoms with van der Waals surface area (Å²) in [6.45, 7) is 1.90. The van der Waals surface area contributed by atoms with Crippen molar-refractivity contribution in [3.05, 3.63) is 40.4 Å². The molecule has 0 saturated carbocycles. The molecule has 0 bridgehead atoms. The number of hydrogen-bond donors (Lipinski definition) is 2. The molecular formula is C10H12N4O. The summed E-state index contributed by atoms with van der Waals surface area (Å²) in [4.78, 5) is 11.6. The molecule has 0 radical (unpaired) electrons. The SMILES string of the molecule is Cc1cc(Nc2cccn(C)c2=O)n[nH]1. The molecule has 15 heavy (non-hydrogen) atoms. The van der Waals surface area contributed by atoms with Gasteiger partial charge in [0.15, 0.2) is 5.82 Å². The Morgan fingerprint density at radius 1 is 1.53 bits per heavy atom. The van der Waals surface area contributed by atoms with E-state index in [9.17, 15) is 4.79 Å². The van der Waals surface area contributed by atoms with Crippen LogP contribution < -0.4 is 10.9 Å². The van der Waals surface area contributed by atoms with E-state index in [-0.39, 0.29) is 5.56 Å². The van der Waals surface area contributed by atoms with Crippen LogP contribution in [0.2, 0.25) is 0 Å². The molecule has 0 spiro atoms.